The van der Waals surface area contributed by atoms with Gasteiger partial charge in [-0.2, -0.15) is 0 Å². The predicted molar refractivity (Wildman–Crippen MR) is 72.7 cm³/mol. The first-order chi connectivity index (χ1) is 8.41. The van der Waals surface area contributed by atoms with Gasteiger partial charge in [-0.05, 0) is 49.6 Å². The predicted octanol–water partition coefficient (Wildman–Crippen LogP) is 3.26. The zero-order chi connectivity index (χ0) is 13.3. The Balaban J connectivity index is 2.50. The van der Waals surface area contributed by atoms with Crippen LogP contribution >= 0.6 is 0 Å². The number of aromatic hydroxyl groups is 1. The highest BCUT2D eigenvalue weighted by Gasteiger charge is 2.27. The van der Waals surface area contributed by atoms with Crippen LogP contribution in [0.3, 0.4) is 0 Å². The van der Waals surface area contributed by atoms with Gasteiger partial charge in [0.1, 0.15) is 11.4 Å². The zero-order valence-corrected chi connectivity index (χ0v) is 10.9. The minimum atomic E-state index is -1.05. The van der Waals surface area contributed by atoms with E-state index in [-0.39, 0.29) is 5.75 Å². The average molecular weight is 242 g/mol. The summed E-state index contributed by atoms with van der Waals surface area (Å²) in [5, 5.41) is 20.0. The summed E-state index contributed by atoms with van der Waals surface area (Å²) in [5.41, 5.74) is 2.85. The quantitative estimate of drug-likeness (QED) is 0.848. The van der Waals surface area contributed by atoms with Crippen molar-refractivity contribution >= 4 is 0 Å². The summed E-state index contributed by atoms with van der Waals surface area (Å²) in [7, 11) is 0. The van der Waals surface area contributed by atoms with Crippen molar-refractivity contribution in [2.24, 2.45) is 0 Å². The van der Waals surface area contributed by atoms with Gasteiger partial charge >= 0.3 is 0 Å². The molecule has 0 fully saturated rings. The molecule has 0 heterocycles. The molecule has 2 aromatic rings. The number of benzene rings is 2. The Kier molecular flexibility index (Phi) is 3.14. The summed E-state index contributed by atoms with van der Waals surface area (Å²) in [6.07, 6.45) is 0. The van der Waals surface area contributed by atoms with Crippen LogP contribution in [-0.2, 0) is 5.60 Å². The summed E-state index contributed by atoms with van der Waals surface area (Å²) >= 11 is 0. The van der Waals surface area contributed by atoms with E-state index in [1.807, 2.05) is 26.0 Å². The lowest BCUT2D eigenvalue weighted by molar-refractivity contribution is 0.101. The van der Waals surface area contributed by atoms with Crippen LogP contribution < -0.4 is 0 Å². The zero-order valence-electron chi connectivity index (χ0n) is 10.9. The molecule has 0 radical (unpaired) electrons. The highest BCUT2D eigenvalue weighted by atomic mass is 16.3. The van der Waals surface area contributed by atoms with E-state index in [0.29, 0.717) is 0 Å². The van der Waals surface area contributed by atoms with Crippen LogP contribution in [-0.4, -0.2) is 10.2 Å². The van der Waals surface area contributed by atoms with E-state index >= 15 is 0 Å². The van der Waals surface area contributed by atoms with Crippen LogP contribution in [0.1, 0.15) is 29.2 Å². The maximum absolute atomic E-state index is 10.7. The van der Waals surface area contributed by atoms with Gasteiger partial charge in [-0.15, -0.1) is 0 Å². The molecule has 18 heavy (non-hydrogen) atoms. The molecule has 1 unspecified atom stereocenters. The second kappa shape index (κ2) is 4.46. The lowest BCUT2D eigenvalue weighted by Gasteiger charge is -2.26. The maximum Gasteiger partial charge on any atom is 0.115 e. The molecule has 1 atom stereocenters. The molecule has 0 saturated heterocycles. The minimum absolute atomic E-state index is 0.204. The number of phenolic OH excluding ortho intramolecular Hbond substituents is 1. The third-order valence-corrected chi connectivity index (χ3v) is 3.34. The van der Waals surface area contributed by atoms with Crippen LogP contribution in [0.5, 0.6) is 5.75 Å². The molecular formula is C16H18O2. The first-order valence-corrected chi connectivity index (χ1v) is 6.01. The van der Waals surface area contributed by atoms with Crippen molar-refractivity contribution in [3.05, 3.63) is 64.7 Å². The molecule has 0 saturated carbocycles. The van der Waals surface area contributed by atoms with Gasteiger partial charge < -0.3 is 10.2 Å². The van der Waals surface area contributed by atoms with Gasteiger partial charge in [0.2, 0.25) is 0 Å². The summed E-state index contributed by atoms with van der Waals surface area (Å²) in [4.78, 5) is 0. The van der Waals surface area contributed by atoms with Crippen molar-refractivity contribution in [3.8, 4) is 5.75 Å². The van der Waals surface area contributed by atoms with Crippen LogP contribution in [0.25, 0.3) is 0 Å². The van der Waals surface area contributed by atoms with Gasteiger partial charge in [0.05, 0.1) is 0 Å². The smallest absolute Gasteiger partial charge is 0.115 e. The van der Waals surface area contributed by atoms with Crippen LogP contribution in [0.4, 0.5) is 0 Å². The second-order valence-corrected chi connectivity index (χ2v) is 4.94. The van der Waals surface area contributed by atoms with Gasteiger partial charge in [-0.1, -0.05) is 35.9 Å². The normalized spacial score (nSPS) is 14.2. The molecule has 0 aliphatic carbocycles. The third-order valence-electron chi connectivity index (χ3n) is 3.34. The lowest BCUT2D eigenvalue weighted by Crippen LogP contribution is -2.23. The second-order valence-electron chi connectivity index (χ2n) is 4.94. The van der Waals surface area contributed by atoms with E-state index in [0.717, 1.165) is 16.7 Å². The molecule has 2 nitrogen and oxygen atoms in total. The fourth-order valence-electron chi connectivity index (χ4n) is 2.30. The van der Waals surface area contributed by atoms with Crippen molar-refractivity contribution in [1.82, 2.24) is 0 Å². The number of aryl methyl sites for hydroxylation is 2. The number of hydrogen-bond donors (Lipinski definition) is 2. The molecule has 0 aromatic heterocycles. The molecule has 0 spiro atoms. The molecule has 2 heteroatoms. The molecule has 0 bridgehead atoms. The Morgan fingerprint density at radius 1 is 0.944 bits per heavy atom. The van der Waals surface area contributed by atoms with Crippen LogP contribution in [0, 0.1) is 13.8 Å². The van der Waals surface area contributed by atoms with Crippen LogP contribution in [0.2, 0.25) is 0 Å². The highest BCUT2D eigenvalue weighted by Crippen LogP contribution is 2.32. The monoisotopic (exact) mass is 242 g/mol. The minimum Gasteiger partial charge on any atom is -0.508 e. The Morgan fingerprint density at radius 3 is 2.11 bits per heavy atom. The fourth-order valence-corrected chi connectivity index (χ4v) is 2.30. The number of phenols is 1. The third kappa shape index (κ3) is 2.24. The summed E-state index contributed by atoms with van der Waals surface area (Å²) in [6.45, 7) is 5.81. The number of rotatable bonds is 2. The van der Waals surface area contributed by atoms with E-state index < -0.39 is 5.60 Å². The largest absolute Gasteiger partial charge is 0.508 e. The molecule has 2 N–H and O–H groups in total. The van der Waals surface area contributed by atoms with Crippen molar-refractivity contribution in [1.29, 1.82) is 0 Å². The standard InChI is InChI=1S/C16H18O2/c1-11-4-9-15(12(2)10-11)16(3,18)13-5-7-14(17)8-6-13/h4-10,17-18H,1-3H3. The first-order valence-electron chi connectivity index (χ1n) is 6.01. The molecule has 2 aromatic carbocycles. The first kappa shape index (κ1) is 12.7. The van der Waals surface area contributed by atoms with Crippen molar-refractivity contribution in [3.63, 3.8) is 0 Å². The van der Waals surface area contributed by atoms with Gasteiger partial charge in [-0.25, -0.2) is 0 Å². The highest BCUT2D eigenvalue weighted by molar-refractivity contribution is 5.42. The molecule has 0 aliphatic heterocycles. The van der Waals surface area contributed by atoms with Gasteiger partial charge in [0.15, 0.2) is 0 Å². The van der Waals surface area contributed by atoms with Crippen LogP contribution in [0.15, 0.2) is 42.5 Å². The Labute approximate surface area is 108 Å². The molecule has 0 amide bonds. The molecule has 0 aliphatic rings. The Morgan fingerprint density at radius 2 is 1.56 bits per heavy atom. The number of aliphatic hydroxyl groups is 1. The van der Waals surface area contributed by atoms with Crippen molar-refractivity contribution < 1.29 is 10.2 Å². The topological polar surface area (TPSA) is 40.5 Å². The SMILES string of the molecule is Cc1ccc(C(C)(O)c2ccc(O)cc2)c(C)c1. The van der Waals surface area contributed by atoms with E-state index in [9.17, 15) is 10.2 Å². The summed E-state index contributed by atoms with van der Waals surface area (Å²) < 4.78 is 0. The summed E-state index contributed by atoms with van der Waals surface area (Å²) in [5.74, 6) is 0.204. The average Bonchev–Trinajstić information content (AvgIpc) is 2.29. The van der Waals surface area contributed by atoms with E-state index in [2.05, 4.69) is 6.07 Å². The number of hydrogen-bond acceptors (Lipinski definition) is 2. The van der Waals surface area contributed by atoms with Gasteiger partial charge in [0, 0.05) is 0 Å². The molecular weight excluding hydrogens is 224 g/mol. The summed E-state index contributed by atoms with van der Waals surface area (Å²) in [6, 6.07) is 12.7. The lowest BCUT2D eigenvalue weighted by atomic mass is 9.85. The Hall–Kier alpha value is -1.80. The van der Waals surface area contributed by atoms with E-state index in [4.69, 9.17) is 0 Å². The molecule has 2 rings (SSSR count). The maximum atomic E-state index is 10.7. The van der Waals surface area contributed by atoms with Gasteiger partial charge in [-0.3, -0.25) is 0 Å². The van der Waals surface area contributed by atoms with E-state index in [1.165, 1.54) is 5.56 Å². The van der Waals surface area contributed by atoms with Crippen molar-refractivity contribution in [2.75, 3.05) is 0 Å². The Bertz CT molecular complexity index is 554. The molecule has 94 valence electrons. The van der Waals surface area contributed by atoms with E-state index in [1.54, 1.807) is 31.2 Å². The fraction of sp³-hybridized carbons (Fsp3) is 0.250. The van der Waals surface area contributed by atoms with Gasteiger partial charge in [0.25, 0.3) is 0 Å². The van der Waals surface area contributed by atoms with Crippen molar-refractivity contribution in [2.45, 2.75) is 26.4 Å².